The number of hydrogen-bond acceptors (Lipinski definition) is 4. The molecule has 110 valence electrons. The Bertz CT molecular complexity index is 308. The summed E-state index contributed by atoms with van der Waals surface area (Å²) in [6.07, 6.45) is 9.19. The molecule has 2 heterocycles. The van der Waals surface area contributed by atoms with Crippen molar-refractivity contribution in [2.45, 2.75) is 68.4 Å². The molecule has 0 N–H and O–H groups in total. The van der Waals surface area contributed by atoms with Crippen LogP contribution in [0.2, 0.25) is 18.6 Å². The summed E-state index contributed by atoms with van der Waals surface area (Å²) in [6.45, 7) is 5.93. The van der Waals surface area contributed by atoms with Crippen molar-refractivity contribution in [3.8, 4) is 0 Å². The predicted octanol–water partition coefficient (Wildman–Crippen LogP) is 1.85. The summed E-state index contributed by atoms with van der Waals surface area (Å²) in [7, 11) is -4.24. The van der Waals surface area contributed by atoms with Gasteiger partial charge in [-0.2, -0.15) is 0 Å². The van der Waals surface area contributed by atoms with Crippen LogP contribution < -0.4 is 0 Å². The maximum Gasteiger partial charge on any atom is 0.378 e. The molecular formula is C12H26O4Si3. The van der Waals surface area contributed by atoms with E-state index in [1.54, 1.807) is 0 Å². The summed E-state index contributed by atoms with van der Waals surface area (Å²) in [6, 6.07) is 0. The monoisotopic (exact) mass is 318 g/mol. The fourth-order valence-electron chi connectivity index (χ4n) is 4.23. The van der Waals surface area contributed by atoms with E-state index in [0.717, 1.165) is 18.6 Å². The van der Waals surface area contributed by atoms with E-state index in [4.69, 9.17) is 18.0 Å². The molecule has 1 aliphatic carbocycles. The first kappa shape index (κ1) is 14.4. The Morgan fingerprint density at radius 2 is 1.95 bits per heavy atom. The Kier molecular flexibility index (Phi) is 4.33. The average molecular weight is 319 g/mol. The number of hydrogen-bond donors (Lipinski definition) is 0. The normalized spacial score (nSPS) is 39.2. The van der Waals surface area contributed by atoms with Crippen molar-refractivity contribution >= 4 is 27.4 Å². The second-order valence-electron chi connectivity index (χ2n) is 6.73. The molecule has 0 aromatic rings. The van der Waals surface area contributed by atoms with Gasteiger partial charge in [0.25, 0.3) is 0 Å². The van der Waals surface area contributed by atoms with Gasteiger partial charge in [0.1, 0.15) is 0 Å². The first-order valence-corrected chi connectivity index (χ1v) is 13.5. The first-order chi connectivity index (χ1) is 9.17. The molecule has 3 fully saturated rings. The van der Waals surface area contributed by atoms with Crippen LogP contribution in [0, 0.1) is 0 Å². The molecule has 2 saturated heterocycles. The molecule has 7 heteroatoms. The lowest BCUT2D eigenvalue weighted by atomic mass is 10.2. The summed E-state index contributed by atoms with van der Waals surface area (Å²) in [5.41, 5.74) is 0.882. The lowest BCUT2D eigenvalue weighted by Crippen LogP contribution is -2.68. The molecule has 1 saturated carbocycles. The largest absolute Gasteiger partial charge is 0.417 e. The van der Waals surface area contributed by atoms with Gasteiger partial charge in [0.15, 0.2) is 0 Å². The minimum atomic E-state index is -1.80. The third-order valence-corrected chi connectivity index (χ3v) is 17.5. The van der Waals surface area contributed by atoms with E-state index in [0.29, 0.717) is 0 Å². The molecule has 3 aliphatic rings. The fourth-order valence-corrected chi connectivity index (χ4v) is 15.7. The molecule has 0 aromatic heterocycles. The number of rotatable bonds is 3. The molecule has 4 nitrogen and oxygen atoms in total. The molecule has 2 atom stereocenters. The maximum absolute atomic E-state index is 6.44. The van der Waals surface area contributed by atoms with E-state index in [2.05, 4.69) is 13.1 Å². The highest BCUT2D eigenvalue weighted by Gasteiger charge is 2.61. The van der Waals surface area contributed by atoms with Gasteiger partial charge in [0.05, 0.1) is 12.9 Å². The van der Waals surface area contributed by atoms with Gasteiger partial charge < -0.3 is 8.85 Å². The van der Waals surface area contributed by atoms with Gasteiger partial charge in [0, 0.05) is 6.61 Å². The maximum atomic E-state index is 6.44. The van der Waals surface area contributed by atoms with Crippen LogP contribution >= 0.6 is 0 Å². The van der Waals surface area contributed by atoms with Crippen molar-refractivity contribution in [3.63, 3.8) is 0 Å². The smallest absolute Gasteiger partial charge is 0.378 e. The molecule has 2 unspecified atom stereocenters. The zero-order valence-corrected chi connectivity index (χ0v) is 15.7. The average Bonchev–Trinajstić information content (AvgIpc) is 3.13. The van der Waals surface area contributed by atoms with Crippen LogP contribution in [0.25, 0.3) is 0 Å². The van der Waals surface area contributed by atoms with Crippen molar-refractivity contribution in [2.24, 2.45) is 0 Å². The second-order valence-corrected chi connectivity index (χ2v) is 16.0. The molecule has 0 spiro atoms. The van der Waals surface area contributed by atoms with E-state index in [-0.39, 0.29) is 4.85 Å². The highest BCUT2D eigenvalue weighted by atomic mass is 28.4. The Morgan fingerprint density at radius 3 is 2.53 bits per heavy atom. The first-order valence-electron chi connectivity index (χ1n) is 7.71. The van der Waals surface area contributed by atoms with Crippen molar-refractivity contribution in [1.82, 2.24) is 0 Å². The van der Waals surface area contributed by atoms with Crippen LogP contribution in [0.15, 0.2) is 0 Å². The van der Waals surface area contributed by atoms with Crippen molar-refractivity contribution in [3.05, 3.63) is 0 Å². The van der Waals surface area contributed by atoms with E-state index < -0.39 is 27.4 Å². The summed E-state index contributed by atoms with van der Waals surface area (Å²) < 4.78 is 23.3. The zero-order valence-electron chi connectivity index (χ0n) is 12.2. The Balaban J connectivity index is 1.88. The van der Waals surface area contributed by atoms with Crippen LogP contribution in [0.4, 0.5) is 0 Å². The van der Waals surface area contributed by atoms with E-state index >= 15 is 0 Å². The van der Waals surface area contributed by atoms with Crippen molar-refractivity contribution in [2.75, 3.05) is 6.61 Å². The van der Waals surface area contributed by atoms with Crippen molar-refractivity contribution in [1.29, 1.82) is 0 Å². The topological polar surface area (TPSA) is 36.9 Å². The Morgan fingerprint density at radius 1 is 1.16 bits per heavy atom. The molecule has 0 aromatic carbocycles. The summed E-state index contributed by atoms with van der Waals surface area (Å²) in [4.78, 5) is -0.0379. The minimum Gasteiger partial charge on any atom is -0.417 e. The SMILES string of the molecule is C[Si](C)(C1CCCC1)C1([SiH]2OO[SiH2]O2)CCCCO1. The predicted molar refractivity (Wildman–Crippen MR) is 81.2 cm³/mol. The Hall–Kier alpha value is 0.491. The highest BCUT2D eigenvalue weighted by molar-refractivity contribution is 6.91. The second kappa shape index (κ2) is 5.70. The van der Waals surface area contributed by atoms with Gasteiger partial charge in [-0.15, -0.1) is 0 Å². The van der Waals surface area contributed by atoms with Crippen LogP contribution in [-0.4, -0.2) is 38.8 Å². The van der Waals surface area contributed by atoms with E-state index in [1.165, 1.54) is 38.5 Å². The van der Waals surface area contributed by atoms with Crippen LogP contribution in [0.1, 0.15) is 44.9 Å². The standard InChI is InChI=1S/C12H26O4Si3/c1-19(2,11-7-3-4-8-11)12(9-5-6-10-13-12)18-15-14-17-16-18/h11,18H,3-10,17H2,1-2H3. The van der Waals surface area contributed by atoms with Gasteiger partial charge in [-0.05, 0) is 24.8 Å². The fraction of sp³-hybridized carbons (Fsp3) is 1.00. The molecule has 2 aliphatic heterocycles. The summed E-state index contributed by atoms with van der Waals surface area (Å²) in [5.74, 6) is 0. The van der Waals surface area contributed by atoms with Crippen molar-refractivity contribution < 1.29 is 18.0 Å². The lowest BCUT2D eigenvalue weighted by molar-refractivity contribution is -0.110. The third-order valence-electron chi connectivity index (χ3n) is 5.57. The Labute approximate surface area is 121 Å². The summed E-state index contributed by atoms with van der Waals surface area (Å²) >= 11 is 0. The highest BCUT2D eigenvalue weighted by Crippen LogP contribution is 2.49. The minimum absolute atomic E-state index is 0.0379. The molecule has 0 amide bonds. The van der Waals surface area contributed by atoms with Gasteiger partial charge in [-0.1, -0.05) is 38.8 Å². The molecule has 19 heavy (non-hydrogen) atoms. The molecule has 0 radical (unpaired) electrons. The van der Waals surface area contributed by atoms with Crippen LogP contribution in [0.5, 0.6) is 0 Å². The van der Waals surface area contributed by atoms with Crippen LogP contribution in [0.3, 0.4) is 0 Å². The molecule has 0 bridgehead atoms. The van der Waals surface area contributed by atoms with E-state index in [9.17, 15) is 0 Å². The van der Waals surface area contributed by atoms with Gasteiger partial charge >= 0.3 is 19.3 Å². The summed E-state index contributed by atoms with van der Waals surface area (Å²) in [5, 5.41) is 0. The molecule has 3 rings (SSSR count). The third kappa shape index (κ3) is 2.43. The lowest BCUT2D eigenvalue weighted by Gasteiger charge is -2.51. The van der Waals surface area contributed by atoms with Crippen LogP contribution in [-0.2, 0) is 18.0 Å². The van der Waals surface area contributed by atoms with Gasteiger partial charge in [0.2, 0.25) is 0 Å². The van der Waals surface area contributed by atoms with Gasteiger partial charge in [-0.3, -0.25) is 9.15 Å². The number of ether oxygens (including phenoxy) is 1. The quantitative estimate of drug-likeness (QED) is 0.588. The van der Waals surface area contributed by atoms with E-state index in [1.807, 2.05) is 0 Å². The van der Waals surface area contributed by atoms with Gasteiger partial charge in [-0.25, -0.2) is 0 Å². The zero-order chi connectivity index (χ0) is 13.3. The molecular weight excluding hydrogens is 292 g/mol.